The van der Waals surface area contributed by atoms with Crippen molar-refractivity contribution in [3.05, 3.63) is 0 Å². The van der Waals surface area contributed by atoms with Gasteiger partial charge in [0, 0.05) is 13.2 Å². The molecule has 0 bridgehead atoms. The molecule has 0 saturated carbocycles. The fraction of sp³-hybridized carbons (Fsp3) is 1.00. The molecule has 1 heterocycles. The van der Waals surface area contributed by atoms with Crippen molar-refractivity contribution in [2.75, 3.05) is 26.8 Å². The maximum atomic E-state index is 5.38. The van der Waals surface area contributed by atoms with Crippen molar-refractivity contribution < 1.29 is 4.74 Å². The summed E-state index contributed by atoms with van der Waals surface area (Å²) in [7, 11) is 2.01. The maximum Gasteiger partial charge on any atom is 0.0497 e. The van der Waals surface area contributed by atoms with E-state index in [0.717, 1.165) is 31.6 Å². The van der Waals surface area contributed by atoms with Crippen LogP contribution < -0.4 is 5.32 Å². The monoisotopic (exact) mass is 157 g/mol. The van der Waals surface area contributed by atoms with Crippen molar-refractivity contribution >= 4 is 0 Å². The second-order valence-electron chi connectivity index (χ2n) is 3.52. The molecule has 0 amide bonds. The Bertz CT molecular complexity index is 106. The minimum absolute atomic E-state index is 0.784. The predicted molar refractivity (Wildman–Crippen MR) is 46.6 cm³/mol. The normalized spacial score (nSPS) is 31.1. The van der Waals surface area contributed by atoms with Crippen LogP contribution in [0.15, 0.2) is 0 Å². The van der Waals surface area contributed by atoms with Gasteiger partial charge >= 0.3 is 0 Å². The third-order valence-electron chi connectivity index (χ3n) is 2.52. The van der Waals surface area contributed by atoms with Crippen molar-refractivity contribution in [3.8, 4) is 0 Å². The molecule has 0 aromatic rings. The number of ether oxygens (including phenoxy) is 1. The largest absolute Gasteiger partial charge is 0.381 e. The third-order valence-corrected chi connectivity index (χ3v) is 2.52. The number of rotatable bonds is 4. The highest BCUT2D eigenvalue weighted by molar-refractivity contribution is 4.71. The van der Waals surface area contributed by atoms with E-state index < -0.39 is 0 Å². The van der Waals surface area contributed by atoms with Crippen LogP contribution in [-0.4, -0.2) is 26.8 Å². The average Bonchev–Trinajstić information content (AvgIpc) is 2.37. The molecule has 1 fully saturated rings. The van der Waals surface area contributed by atoms with Crippen LogP contribution in [0, 0.1) is 11.8 Å². The minimum Gasteiger partial charge on any atom is -0.381 e. The molecule has 0 spiro atoms. The molecule has 66 valence electrons. The van der Waals surface area contributed by atoms with Gasteiger partial charge < -0.3 is 10.1 Å². The summed E-state index contributed by atoms with van der Waals surface area (Å²) in [4.78, 5) is 0. The highest BCUT2D eigenvalue weighted by Gasteiger charge is 2.22. The smallest absolute Gasteiger partial charge is 0.0497 e. The lowest BCUT2D eigenvalue weighted by molar-refractivity contribution is 0.180. The zero-order chi connectivity index (χ0) is 8.10. The van der Waals surface area contributed by atoms with Gasteiger partial charge in [-0.05, 0) is 38.3 Å². The van der Waals surface area contributed by atoms with Gasteiger partial charge in [0.05, 0.1) is 0 Å². The van der Waals surface area contributed by atoms with E-state index in [-0.39, 0.29) is 0 Å². The fourth-order valence-electron chi connectivity index (χ4n) is 1.61. The topological polar surface area (TPSA) is 21.3 Å². The molecule has 0 aromatic heterocycles. The van der Waals surface area contributed by atoms with E-state index in [2.05, 4.69) is 12.2 Å². The lowest BCUT2D eigenvalue weighted by Crippen LogP contribution is -2.13. The van der Waals surface area contributed by atoms with Gasteiger partial charge in [0.1, 0.15) is 0 Å². The Kier molecular flexibility index (Phi) is 3.87. The lowest BCUT2D eigenvalue weighted by Gasteiger charge is -2.11. The molecule has 2 nitrogen and oxygen atoms in total. The quantitative estimate of drug-likeness (QED) is 0.620. The van der Waals surface area contributed by atoms with Crippen molar-refractivity contribution in [1.82, 2.24) is 5.32 Å². The van der Waals surface area contributed by atoms with Crippen molar-refractivity contribution in [2.24, 2.45) is 11.8 Å². The first-order valence-electron chi connectivity index (χ1n) is 4.57. The van der Waals surface area contributed by atoms with E-state index in [1.54, 1.807) is 0 Å². The van der Waals surface area contributed by atoms with Crippen LogP contribution in [0.25, 0.3) is 0 Å². The van der Waals surface area contributed by atoms with E-state index in [4.69, 9.17) is 4.74 Å². The van der Waals surface area contributed by atoms with Crippen LogP contribution in [-0.2, 0) is 4.74 Å². The Morgan fingerprint density at radius 1 is 1.45 bits per heavy atom. The molecule has 0 radical (unpaired) electrons. The van der Waals surface area contributed by atoms with E-state index in [0.29, 0.717) is 0 Å². The molecular formula is C9H19NO. The van der Waals surface area contributed by atoms with Crippen LogP contribution in [0.1, 0.15) is 19.8 Å². The summed E-state index contributed by atoms with van der Waals surface area (Å²) in [6.07, 6.45) is 2.61. The lowest BCUT2D eigenvalue weighted by atomic mass is 9.93. The second-order valence-corrected chi connectivity index (χ2v) is 3.52. The summed E-state index contributed by atoms with van der Waals surface area (Å²) in [6, 6.07) is 0. The molecule has 1 rings (SSSR count). The van der Waals surface area contributed by atoms with Crippen LogP contribution >= 0.6 is 0 Å². The first kappa shape index (κ1) is 9.01. The van der Waals surface area contributed by atoms with Crippen molar-refractivity contribution in [3.63, 3.8) is 0 Å². The van der Waals surface area contributed by atoms with Crippen LogP contribution in [0.5, 0.6) is 0 Å². The predicted octanol–water partition coefficient (Wildman–Crippen LogP) is 1.27. The molecular weight excluding hydrogens is 138 g/mol. The molecule has 11 heavy (non-hydrogen) atoms. The molecule has 1 aliphatic rings. The molecule has 2 atom stereocenters. The Labute approximate surface area is 69.3 Å². The molecule has 2 heteroatoms. The van der Waals surface area contributed by atoms with Crippen LogP contribution in [0.3, 0.4) is 0 Å². The Morgan fingerprint density at radius 3 is 2.82 bits per heavy atom. The molecule has 1 saturated heterocycles. The maximum absolute atomic E-state index is 5.38. The first-order valence-corrected chi connectivity index (χ1v) is 4.57. The summed E-state index contributed by atoms with van der Waals surface area (Å²) in [5, 5.41) is 3.17. The van der Waals surface area contributed by atoms with Gasteiger partial charge in [-0.3, -0.25) is 0 Å². The summed E-state index contributed by atoms with van der Waals surface area (Å²) in [5.41, 5.74) is 0. The van der Waals surface area contributed by atoms with Gasteiger partial charge in [-0.2, -0.15) is 0 Å². The van der Waals surface area contributed by atoms with Gasteiger partial charge in [-0.1, -0.05) is 6.92 Å². The Hall–Kier alpha value is -0.0800. The van der Waals surface area contributed by atoms with E-state index in [9.17, 15) is 0 Å². The molecule has 0 aromatic carbocycles. The zero-order valence-corrected chi connectivity index (χ0v) is 7.60. The summed E-state index contributed by atoms with van der Waals surface area (Å²) >= 11 is 0. The SMILES string of the molecule is CNCCCC1COCC1C. The summed E-state index contributed by atoms with van der Waals surface area (Å²) in [5.74, 6) is 1.61. The van der Waals surface area contributed by atoms with E-state index in [1.807, 2.05) is 7.05 Å². The van der Waals surface area contributed by atoms with Gasteiger partial charge in [0.15, 0.2) is 0 Å². The van der Waals surface area contributed by atoms with E-state index >= 15 is 0 Å². The zero-order valence-electron chi connectivity index (χ0n) is 7.60. The molecule has 0 aliphatic carbocycles. The summed E-state index contributed by atoms with van der Waals surface area (Å²) in [6.45, 7) is 5.40. The molecule has 1 aliphatic heterocycles. The van der Waals surface area contributed by atoms with Crippen LogP contribution in [0.2, 0.25) is 0 Å². The first-order chi connectivity index (χ1) is 5.34. The molecule has 1 N–H and O–H groups in total. The van der Waals surface area contributed by atoms with Crippen LogP contribution in [0.4, 0.5) is 0 Å². The van der Waals surface area contributed by atoms with Gasteiger partial charge in [-0.15, -0.1) is 0 Å². The number of hydrogen-bond acceptors (Lipinski definition) is 2. The summed E-state index contributed by atoms with van der Waals surface area (Å²) < 4.78 is 5.38. The second kappa shape index (κ2) is 4.73. The van der Waals surface area contributed by atoms with Crippen molar-refractivity contribution in [1.29, 1.82) is 0 Å². The highest BCUT2D eigenvalue weighted by atomic mass is 16.5. The highest BCUT2D eigenvalue weighted by Crippen LogP contribution is 2.23. The van der Waals surface area contributed by atoms with Gasteiger partial charge in [0.2, 0.25) is 0 Å². The van der Waals surface area contributed by atoms with Gasteiger partial charge in [-0.25, -0.2) is 0 Å². The number of nitrogens with one attached hydrogen (secondary N) is 1. The van der Waals surface area contributed by atoms with Crippen molar-refractivity contribution in [2.45, 2.75) is 19.8 Å². The van der Waals surface area contributed by atoms with E-state index in [1.165, 1.54) is 12.8 Å². The fourth-order valence-corrected chi connectivity index (χ4v) is 1.61. The Morgan fingerprint density at radius 2 is 2.27 bits per heavy atom. The average molecular weight is 157 g/mol. The molecule has 2 unspecified atom stereocenters. The Balaban J connectivity index is 2.05. The minimum atomic E-state index is 0.784. The third kappa shape index (κ3) is 2.80. The standard InChI is InChI=1S/C9H19NO/c1-8-6-11-7-9(8)4-3-5-10-2/h8-10H,3-7H2,1-2H3. The number of hydrogen-bond donors (Lipinski definition) is 1. The van der Waals surface area contributed by atoms with Gasteiger partial charge in [0.25, 0.3) is 0 Å².